The molecule has 0 amide bonds. The summed E-state index contributed by atoms with van der Waals surface area (Å²) in [5.41, 5.74) is 4.75. The quantitative estimate of drug-likeness (QED) is 0.566. The van der Waals surface area contributed by atoms with Crippen LogP contribution in [0.25, 0.3) is 5.57 Å². The van der Waals surface area contributed by atoms with Crippen LogP contribution in [0.2, 0.25) is 10.0 Å². The first-order valence-electron chi connectivity index (χ1n) is 9.06. The van der Waals surface area contributed by atoms with E-state index in [2.05, 4.69) is 49.7 Å². The number of rotatable bonds is 4. The summed E-state index contributed by atoms with van der Waals surface area (Å²) in [6.45, 7) is 9.72. The molecule has 0 spiro atoms. The number of hydrogen-bond donors (Lipinski definition) is 1. The normalized spacial score (nSPS) is 15.8. The Morgan fingerprint density at radius 2 is 1.93 bits per heavy atom. The van der Waals surface area contributed by atoms with Crippen LogP contribution < -0.4 is 4.90 Å². The summed E-state index contributed by atoms with van der Waals surface area (Å²) in [6.07, 6.45) is 5.04. The first kappa shape index (κ1) is 19.8. The summed E-state index contributed by atoms with van der Waals surface area (Å²) >= 11 is 12.5. The highest BCUT2D eigenvalue weighted by Crippen LogP contribution is 2.41. The molecule has 0 atom stereocenters. The van der Waals surface area contributed by atoms with Crippen LogP contribution >= 0.6 is 23.2 Å². The van der Waals surface area contributed by atoms with Crippen LogP contribution in [-0.2, 0) is 0 Å². The predicted molar refractivity (Wildman–Crippen MR) is 117 cm³/mol. The van der Waals surface area contributed by atoms with Gasteiger partial charge in [-0.15, -0.1) is 0 Å². The molecule has 3 rings (SSSR count). The molecule has 2 aromatic rings. The molecular weight excluding hydrogens is 379 g/mol. The van der Waals surface area contributed by atoms with Crippen molar-refractivity contribution < 1.29 is 5.11 Å². The van der Waals surface area contributed by atoms with Crippen LogP contribution in [0.3, 0.4) is 0 Å². The van der Waals surface area contributed by atoms with Crippen molar-refractivity contribution in [1.82, 2.24) is 0 Å². The van der Waals surface area contributed by atoms with Gasteiger partial charge in [0.1, 0.15) is 11.4 Å². The third-order valence-electron chi connectivity index (χ3n) is 4.82. The Labute approximate surface area is 170 Å². The van der Waals surface area contributed by atoms with Crippen molar-refractivity contribution in [2.45, 2.75) is 39.7 Å². The SMILES string of the molecule is CCCN1c2cc(Cl)c(C=Nc3ccc(Cl)cc3O)cc2C(C)=CC1(C)C. The fourth-order valence-corrected chi connectivity index (χ4v) is 3.96. The van der Waals surface area contributed by atoms with E-state index in [9.17, 15) is 5.11 Å². The Morgan fingerprint density at radius 3 is 2.59 bits per heavy atom. The van der Waals surface area contributed by atoms with Crippen LogP contribution in [0.1, 0.15) is 45.2 Å². The number of hydrogen-bond acceptors (Lipinski definition) is 3. The molecule has 1 N–H and O–H groups in total. The second kappa shape index (κ2) is 7.57. The Hall–Kier alpha value is -1.97. The van der Waals surface area contributed by atoms with Gasteiger partial charge in [-0.3, -0.25) is 4.99 Å². The number of allylic oxidation sites excluding steroid dienone is 1. The minimum absolute atomic E-state index is 0.0415. The Balaban J connectivity index is 2.03. The number of nitrogens with zero attached hydrogens (tertiary/aromatic N) is 2. The lowest BCUT2D eigenvalue weighted by molar-refractivity contribution is 0.477. The lowest BCUT2D eigenvalue weighted by Crippen LogP contribution is -2.45. The number of phenols is 1. The monoisotopic (exact) mass is 402 g/mol. The van der Waals surface area contributed by atoms with Crippen molar-refractivity contribution in [3.8, 4) is 5.75 Å². The third-order valence-corrected chi connectivity index (χ3v) is 5.39. The fraction of sp³-hybridized carbons (Fsp3) is 0.318. The van der Waals surface area contributed by atoms with Crippen LogP contribution in [-0.4, -0.2) is 23.4 Å². The molecule has 2 aromatic carbocycles. The van der Waals surface area contributed by atoms with Gasteiger partial charge >= 0.3 is 0 Å². The highest BCUT2D eigenvalue weighted by molar-refractivity contribution is 6.33. The van der Waals surface area contributed by atoms with Gasteiger partial charge in [0.05, 0.1) is 10.6 Å². The van der Waals surface area contributed by atoms with Gasteiger partial charge in [-0.05, 0) is 57.0 Å². The largest absolute Gasteiger partial charge is 0.506 e. The van der Waals surface area contributed by atoms with E-state index in [1.165, 1.54) is 11.6 Å². The van der Waals surface area contributed by atoms with Crippen molar-refractivity contribution in [2.24, 2.45) is 4.99 Å². The highest BCUT2D eigenvalue weighted by atomic mass is 35.5. The van der Waals surface area contributed by atoms with E-state index in [0.717, 1.165) is 29.8 Å². The van der Waals surface area contributed by atoms with Gasteiger partial charge in [-0.2, -0.15) is 0 Å². The first-order chi connectivity index (χ1) is 12.7. The molecule has 1 aliphatic heterocycles. The maximum atomic E-state index is 9.98. The number of aliphatic imine (C=N–C) groups is 1. The molecule has 0 radical (unpaired) electrons. The van der Waals surface area contributed by atoms with E-state index in [1.807, 2.05) is 6.07 Å². The molecule has 0 saturated carbocycles. The van der Waals surface area contributed by atoms with E-state index >= 15 is 0 Å². The van der Waals surface area contributed by atoms with Gasteiger partial charge in [0, 0.05) is 40.7 Å². The Morgan fingerprint density at radius 1 is 1.19 bits per heavy atom. The number of fused-ring (bicyclic) bond motifs is 1. The highest BCUT2D eigenvalue weighted by Gasteiger charge is 2.31. The molecule has 1 aliphatic rings. The molecule has 3 nitrogen and oxygen atoms in total. The van der Waals surface area contributed by atoms with Gasteiger partial charge in [-0.1, -0.05) is 36.2 Å². The van der Waals surface area contributed by atoms with Crippen molar-refractivity contribution in [3.63, 3.8) is 0 Å². The van der Waals surface area contributed by atoms with E-state index < -0.39 is 0 Å². The Kier molecular flexibility index (Phi) is 5.55. The summed E-state index contributed by atoms with van der Waals surface area (Å²) in [4.78, 5) is 6.78. The van der Waals surface area contributed by atoms with Gasteiger partial charge in [0.2, 0.25) is 0 Å². The molecule has 0 bridgehead atoms. The summed E-state index contributed by atoms with van der Waals surface area (Å²) in [6, 6.07) is 8.93. The predicted octanol–water partition coefficient (Wildman–Crippen LogP) is 6.86. The zero-order chi connectivity index (χ0) is 19.8. The molecular formula is C22H24Cl2N2O. The van der Waals surface area contributed by atoms with Crippen LogP contribution in [0.15, 0.2) is 41.4 Å². The number of benzene rings is 2. The van der Waals surface area contributed by atoms with Gasteiger partial charge in [0.15, 0.2) is 0 Å². The Bertz CT molecular complexity index is 932. The van der Waals surface area contributed by atoms with Crippen LogP contribution in [0.4, 0.5) is 11.4 Å². The van der Waals surface area contributed by atoms with Crippen molar-refractivity contribution in [3.05, 3.63) is 57.6 Å². The van der Waals surface area contributed by atoms with Crippen LogP contribution in [0.5, 0.6) is 5.75 Å². The molecule has 0 aromatic heterocycles. The number of halogens is 2. The van der Waals surface area contributed by atoms with Crippen LogP contribution in [0, 0.1) is 0 Å². The molecule has 0 fully saturated rings. The van der Waals surface area contributed by atoms with Gasteiger partial charge in [0.25, 0.3) is 0 Å². The summed E-state index contributed by atoms with van der Waals surface area (Å²) < 4.78 is 0. The maximum absolute atomic E-state index is 9.98. The number of anilines is 1. The van der Waals surface area contributed by atoms with E-state index in [-0.39, 0.29) is 11.3 Å². The average molecular weight is 403 g/mol. The smallest absolute Gasteiger partial charge is 0.142 e. The lowest BCUT2D eigenvalue weighted by Gasteiger charge is -2.43. The molecule has 0 saturated heterocycles. The van der Waals surface area contributed by atoms with Gasteiger partial charge in [-0.25, -0.2) is 0 Å². The molecule has 5 heteroatoms. The van der Waals surface area contributed by atoms with E-state index in [4.69, 9.17) is 23.2 Å². The first-order valence-corrected chi connectivity index (χ1v) is 9.82. The summed E-state index contributed by atoms with van der Waals surface area (Å²) in [5, 5.41) is 11.1. The topological polar surface area (TPSA) is 35.8 Å². The fourth-order valence-electron chi connectivity index (χ4n) is 3.59. The zero-order valence-electron chi connectivity index (χ0n) is 16.1. The third kappa shape index (κ3) is 3.99. The van der Waals surface area contributed by atoms with Crippen molar-refractivity contribution in [1.29, 1.82) is 0 Å². The van der Waals surface area contributed by atoms with Gasteiger partial charge < -0.3 is 10.0 Å². The van der Waals surface area contributed by atoms with E-state index in [1.54, 1.807) is 18.3 Å². The second-order valence-corrected chi connectivity index (χ2v) is 8.26. The zero-order valence-corrected chi connectivity index (χ0v) is 17.6. The molecule has 142 valence electrons. The van der Waals surface area contributed by atoms with E-state index in [0.29, 0.717) is 15.7 Å². The molecule has 1 heterocycles. The molecule has 0 unspecified atom stereocenters. The number of aromatic hydroxyl groups is 1. The maximum Gasteiger partial charge on any atom is 0.142 e. The minimum atomic E-state index is -0.0544. The van der Waals surface area contributed by atoms with Crippen molar-refractivity contribution in [2.75, 3.05) is 11.4 Å². The minimum Gasteiger partial charge on any atom is -0.506 e. The van der Waals surface area contributed by atoms with Crippen molar-refractivity contribution >= 4 is 46.4 Å². The molecule has 0 aliphatic carbocycles. The summed E-state index contributed by atoms with van der Waals surface area (Å²) in [5.74, 6) is 0.0415. The summed E-state index contributed by atoms with van der Waals surface area (Å²) in [7, 11) is 0. The average Bonchev–Trinajstić information content (AvgIpc) is 2.58. The standard InChI is InChI=1S/C22H24Cl2N2O/c1-5-8-26-20-11-18(24)15(9-17(20)14(2)12-22(26,3)4)13-25-19-7-6-16(23)10-21(19)27/h6-7,9-13,27H,5,8H2,1-4H3. The number of phenolic OH excluding ortho intramolecular Hbond substituents is 1. The second-order valence-electron chi connectivity index (χ2n) is 7.41. The molecule has 27 heavy (non-hydrogen) atoms. The lowest BCUT2D eigenvalue weighted by atomic mass is 9.88.